The van der Waals surface area contributed by atoms with Gasteiger partial charge < -0.3 is 24.8 Å². The number of hydrogen-bond donors (Lipinski definition) is 2. The van der Waals surface area contributed by atoms with Crippen molar-refractivity contribution in [2.45, 2.75) is 70.7 Å². The van der Waals surface area contributed by atoms with Gasteiger partial charge in [0.15, 0.2) is 0 Å². The first-order valence-corrected chi connectivity index (χ1v) is 12.1. The molecule has 0 unspecified atom stereocenters. The van der Waals surface area contributed by atoms with E-state index in [4.69, 9.17) is 14.2 Å². The fourth-order valence-electron chi connectivity index (χ4n) is 3.70. The molecule has 9 heteroatoms. The van der Waals surface area contributed by atoms with E-state index in [-0.39, 0.29) is 19.3 Å². The number of alkyl carbamates (subject to hydrolysis) is 1. The van der Waals surface area contributed by atoms with Crippen LogP contribution in [0.5, 0.6) is 0 Å². The summed E-state index contributed by atoms with van der Waals surface area (Å²) in [5.74, 6) is -1.76. The Morgan fingerprint density at radius 1 is 0.838 bits per heavy atom. The van der Waals surface area contributed by atoms with Crippen molar-refractivity contribution in [3.63, 3.8) is 0 Å². The summed E-state index contributed by atoms with van der Waals surface area (Å²) in [6.45, 7) is 6.42. The third kappa shape index (κ3) is 11.2. The minimum Gasteiger partial charge on any atom is -0.467 e. The smallest absolute Gasteiger partial charge is 0.408 e. The molecule has 2 aromatic carbocycles. The number of esters is 2. The lowest BCUT2D eigenvalue weighted by atomic mass is 9.98. The standard InChI is InChI=1S/C28H36N2O7/c1-19(31)36-24(18-25(32)29-23(26(33)35-5)17-21-14-10-7-11-15-21)22(16-20-12-8-6-9-13-20)30-27(34)37-28(2,3)4/h6-15,22-24H,16-18H2,1-5H3,(H,29,32)(H,30,34)/t22-,23-,24-/m0/s1. The second-order valence-electron chi connectivity index (χ2n) is 9.63. The molecule has 0 aliphatic carbocycles. The summed E-state index contributed by atoms with van der Waals surface area (Å²) in [5.41, 5.74) is 0.946. The number of carbonyl (C=O) groups excluding carboxylic acids is 4. The molecule has 0 radical (unpaired) electrons. The van der Waals surface area contributed by atoms with Gasteiger partial charge in [-0.05, 0) is 38.3 Å². The molecular formula is C28H36N2O7. The normalized spacial score (nSPS) is 13.4. The quantitative estimate of drug-likeness (QED) is 0.350. The molecule has 0 spiro atoms. The van der Waals surface area contributed by atoms with Gasteiger partial charge in [0.25, 0.3) is 0 Å². The first-order chi connectivity index (χ1) is 17.5. The highest BCUT2D eigenvalue weighted by Gasteiger charge is 2.32. The van der Waals surface area contributed by atoms with E-state index in [9.17, 15) is 19.2 Å². The van der Waals surface area contributed by atoms with Gasteiger partial charge >= 0.3 is 18.0 Å². The van der Waals surface area contributed by atoms with Crippen LogP contribution in [-0.4, -0.2) is 54.8 Å². The second kappa shape index (κ2) is 14.0. The largest absolute Gasteiger partial charge is 0.467 e. The predicted octanol–water partition coefficient (Wildman–Crippen LogP) is 3.34. The maximum absolute atomic E-state index is 13.1. The van der Waals surface area contributed by atoms with Gasteiger partial charge in [0.2, 0.25) is 5.91 Å². The van der Waals surface area contributed by atoms with Crippen LogP contribution in [0.4, 0.5) is 4.79 Å². The Morgan fingerprint density at radius 2 is 1.38 bits per heavy atom. The van der Waals surface area contributed by atoms with Crippen molar-refractivity contribution in [3.8, 4) is 0 Å². The van der Waals surface area contributed by atoms with Gasteiger partial charge in [-0.2, -0.15) is 0 Å². The van der Waals surface area contributed by atoms with Crippen LogP contribution in [0.2, 0.25) is 0 Å². The van der Waals surface area contributed by atoms with E-state index >= 15 is 0 Å². The predicted molar refractivity (Wildman–Crippen MR) is 138 cm³/mol. The van der Waals surface area contributed by atoms with E-state index in [1.54, 1.807) is 20.8 Å². The second-order valence-corrected chi connectivity index (χ2v) is 9.63. The average molecular weight is 513 g/mol. The van der Waals surface area contributed by atoms with E-state index in [1.165, 1.54) is 14.0 Å². The number of carbonyl (C=O) groups is 4. The Balaban J connectivity index is 2.24. The number of methoxy groups -OCH3 is 1. The Labute approximate surface area is 217 Å². The van der Waals surface area contributed by atoms with E-state index in [2.05, 4.69) is 10.6 Å². The van der Waals surface area contributed by atoms with Crippen LogP contribution in [-0.2, 0) is 41.4 Å². The lowest BCUT2D eigenvalue weighted by Crippen LogP contribution is -2.51. The summed E-state index contributed by atoms with van der Waals surface area (Å²) >= 11 is 0. The highest BCUT2D eigenvalue weighted by molar-refractivity contribution is 5.85. The maximum Gasteiger partial charge on any atom is 0.408 e. The molecule has 0 bridgehead atoms. The van der Waals surface area contributed by atoms with Gasteiger partial charge in [0, 0.05) is 13.3 Å². The first-order valence-electron chi connectivity index (χ1n) is 12.1. The minimum absolute atomic E-state index is 0.223. The van der Waals surface area contributed by atoms with Crippen molar-refractivity contribution in [2.24, 2.45) is 0 Å². The Morgan fingerprint density at radius 3 is 1.86 bits per heavy atom. The van der Waals surface area contributed by atoms with Gasteiger partial charge in [0.05, 0.1) is 19.6 Å². The summed E-state index contributed by atoms with van der Waals surface area (Å²) in [7, 11) is 1.24. The molecule has 0 aromatic heterocycles. The van der Waals surface area contributed by atoms with Crippen LogP contribution in [0.15, 0.2) is 60.7 Å². The van der Waals surface area contributed by atoms with Crippen molar-refractivity contribution in [1.29, 1.82) is 0 Å². The molecule has 2 aromatic rings. The van der Waals surface area contributed by atoms with Crippen LogP contribution in [0, 0.1) is 0 Å². The van der Waals surface area contributed by atoms with Crippen LogP contribution in [0.1, 0.15) is 45.2 Å². The van der Waals surface area contributed by atoms with Crippen LogP contribution in [0.3, 0.4) is 0 Å². The summed E-state index contributed by atoms with van der Waals surface area (Å²) in [5, 5.41) is 5.43. The first kappa shape index (κ1) is 29.4. The summed E-state index contributed by atoms with van der Waals surface area (Å²) in [6.07, 6.45) is -1.53. The van der Waals surface area contributed by atoms with E-state index in [0.29, 0.717) is 0 Å². The van der Waals surface area contributed by atoms with Crippen molar-refractivity contribution >= 4 is 23.9 Å². The Hall–Kier alpha value is -3.88. The molecule has 37 heavy (non-hydrogen) atoms. The third-order valence-electron chi connectivity index (χ3n) is 5.26. The van der Waals surface area contributed by atoms with E-state index in [0.717, 1.165) is 11.1 Å². The fourth-order valence-corrected chi connectivity index (χ4v) is 3.70. The minimum atomic E-state index is -1.03. The van der Waals surface area contributed by atoms with Gasteiger partial charge in [-0.15, -0.1) is 0 Å². The van der Waals surface area contributed by atoms with Crippen LogP contribution in [0.25, 0.3) is 0 Å². The molecule has 200 valence electrons. The number of benzene rings is 2. The molecule has 0 aliphatic heterocycles. The van der Waals surface area contributed by atoms with Crippen LogP contribution >= 0.6 is 0 Å². The lowest BCUT2D eigenvalue weighted by Gasteiger charge is -2.29. The van der Waals surface area contributed by atoms with Crippen molar-refractivity contribution in [3.05, 3.63) is 71.8 Å². The molecule has 2 N–H and O–H groups in total. The third-order valence-corrected chi connectivity index (χ3v) is 5.26. The highest BCUT2D eigenvalue weighted by Crippen LogP contribution is 2.15. The number of rotatable bonds is 11. The fraction of sp³-hybridized carbons (Fsp3) is 0.429. The summed E-state index contributed by atoms with van der Waals surface area (Å²) in [4.78, 5) is 50.0. The van der Waals surface area contributed by atoms with Gasteiger partial charge in [-0.3, -0.25) is 9.59 Å². The van der Waals surface area contributed by atoms with E-state index < -0.39 is 47.7 Å². The van der Waals surface area contributed by atoms with Gasteiger partial charge in [-0.1, -0.05) is 60.7 Å². The van der Waals surface area contributed by atoms with Crippen molar-refractivity contribution in [2.75, 3.05) is 7.11 Å². The number of hydrogen-bond acceptors (Lipinski definition) is 7. The van der Waals surface area contributed by atoms with Gasteiger partial charge in [-0.25, -0.2) is 9.59 Å². The molecule has 0 fully saturated rings. The zero-order chi connectivity index (χ0) is 27.4. The summed E-state index contributed by atoms with van der Waals surface area (Å²) < 4.78 is 15.7. The molecule has 0 aliphatic rings. The molecule has 0 heterocycles. The molecule has 2 rings (SSSR count). The number of amides is 2. The molecule has 9 nitrogen and oxygen atoms in total. The Kier molecular flexibility index (Phi) is 11.1. The van der Waals surface area contributed by atoms with Crippen molar-refractivity contribution in [1.82, 2.24) is 10.6 Å². The Bertz CT molecular complexity index is 1040. The molecule has 2 amide bonds. The topological polar surface area (TPSA) is 120 Å². The van der Waals surface area contributed by atoms with Gasteiger partial charge in [0.1, 0.15) is 17.7 Å². The maximum atomic E-state index is 13.1. The molecule has 0 saturated heterocycles. The summed E-state index contributed by atoms with van der Waals surface area (Å²) in [6, 6.07) is 16.7. The SMILES string of the molecule is COC(=O)[C@H](Cc1ccccc1)NC(=O)C[C@H](OC(C)=O)[C@H](Cc1ccccc1)NC(=O)OC(C)(C)C. The van der Waals surface area contributed by atoms with Crippen LogP contribution < -0.4 is 10.6 Å². The highest BCUT2D eigenvalue weighted by atomic mass is 16.6. The van der Waals surface area contributed by atoms with Crippen molar-refractivity contribution < 1.29 is 33.4 Å². The molecule has 0 saturated carbocycles. The monoisotopic (exact) mass is 512 g/mol. The molecule has 3 atom stereocenters. The number of nitrogens with one attached hydrogen (secondary N) is 2. The lowest BCUT2D eigenvalue weighted by molar-refractivity contribution is -0.151. The zero-order valence-electron chi connectivity index (χ0n) is 22.0. The average Bonchev–Trinajstić information content (AvgIpc) is 2.82. The molecular weight excluding hydrogens is 476 g/mol. The van der Waals surface area contributed by atoms with E-state index in [1.807, 2.05) is 60.7 Å². The number of ether oxygens (including phenoxy) is 3. The zero-order valence-corrected chi connectivity index (χ0v) is 22.0.